The van der Waals surface area contributed by atoms with Crippen molar-refractivity contribution in [3.8, 4) is 0 Å². The Morgan fingerprint density at radius 2 is 2.11 bits per heavy atom. The molecule has 6 heteroatoms. The molecule has 102 valence electrons. The van der Waals surface area contributed by atoms with E-state index in [9.17, 15) is 9.59 Å². The van der Waals surface area contributed by atoms with Crippen LogP contribution in [0.15, 0.2) is 21.1 Å². The first kappa shape index (κ1) is 14.5. The summed E-state index contributed by atoms with van der Waals surface area (Å²) < 4.78 is 6.42. The van der Waals surface area contributed by atoms with Gasteiger partial charge in [-0.15, -0.1) is 0 Å². The van der Waals surface area contributed by atoms with Crippen molar-refractivity contribution in [3.63, 3.8) is 0 Å². The first-order valence-electron chi connectivity index (χ1n) is 5.96. The zero-order chi connectivity index (χ0) is 14.0. The number of benzene rings is 1. The molecule has 1 aliphatic rings. The van der Waals surface area contributed by atoms with Crippen LogP contribution in [-0.4, -0.2) is 31.4 Å². The standard InChI is InChI=1S/C13H13Br2NO3/c1-2-19-13(18)9-3-4-10(12(15)11(9)14)16-6-5-8(17)7-16/h3-4H,2,5-7H2,1H3. The zero-order valence-corrected chi connectivity index (χ0v) is 13.6. The van der Waals surface area contributed by atoms with Crippen LogP contribution in [0.25, 0.3) is 0 Å². The molecule has 1 aliphatic heterocycles. The Kier molecular flexibility index (Phi) is 4.62. The van der Waals surface area contributed by atoms with Crippen LogP contribution in [0.4, 0.5) is 5.69 Å². The summed E-state index contributed by atoms with van der Waals surface area (Å²) in [6.45, 7) is 3.24. The molecule has 0 unspecified atom stereocenters. The molecule has 1 aromatic carbocycles. The van der Waals surface area contributed by atoms with E-state index in [2.05, 4.69) is 31.9 Å². The number of halogens is 2. The Hall–Kier alpha value is -0.880. The van der Waals surface area contributed by atoms with Crippen molar-refractivity contribution in [2.75, 3.05) is 24.6 Å². The zero-order valence-electron chi connectivity index (χ0n) is 10.4. The summed E-state index contributed by atoms with van der Waals surface area (Å²) in [6.07, 6.45) is 0.573. The minimum atomic E-state index is -0.362. The van der Waals surface area contributed by atoms with Crippen molar-refractivity contribution >= 4 is 49.3 Å². The van der Waals surface area contributed by atoms with E-state index in [4.69, 9.17) is 4.74 Å². The van der Waals surface area contributed by atoms with Crippen molar-refractivity contribution in [1.29, 1.82) is 0 Å². The maximum Gasteiger partial charge on any atom is 0.339 e. The third-order valence-corrected chi connectivity index (χ3v) is 5.08. The lowest BCUT2D eigenvalue weighted by Gasteiger charge is -2.20. The Bertz CT molecular complexity index is 531. The number of rotatable bonds is 3. The highest BCUT2D eigenvalue weighted by atomic mass is 79.9. The van der Waals surface area contributed by atoms with Crippen molar-refractivity contribution < 1.29 is 14.3 Å². The van der Waals surface area contributed by atoms with E-state index in [1.165, 1.54) is 0 Å². The largest absolute Gasteiger partial charge is 0.462 e. The van der Waals surface area contributed by atoms with Gasteiger partial charge in [-0.1, -0.05) is 0 Å². The minimum Gasteiger partial charge on any atom is -0.462 e. The lowest BCUT2D eigenvalue weighted by Crippen LogP contribution is -2.20. The first-order chi connectivity index (χ1) is 9.04. The van der Waals surface area contributed by atoms with Crippen molar-refractivity contribution in [1.82, 2.24) is 0 Å². The van der Waals surface area contributed by atoms with Gasteiger partial charge in [-0.25, -0.2) is 4.79 Å². The molecule has 0 radical (unpaired) electrons. The summed E-state index contributed by atoms with van der Waals surface area (Å²) in [5.74, 6) is -0.128. The summed E-state index contributed by atoms with van der Waals surface area (Å²) in [4.78, 5) is 25.1. The number of nitrogens with zero attached hydrogens (tertiary/aromatic N) is 1. The van der Waals surface area contributed by atoms with Crippen molar-refractivity contribution in [2.45, 2.75) is 13.3 Å². The van der Waals surface area contributed by atoms with Crippen LogP contribution in [-0.2, 0) is 9.53 Å². The average molecular weight is 391 g/mol. The summed E-state index contributed by atoms with van der Waals surface area (Å²) >= 11 is 6.88. The minimum absolute atomic E-state index is 0.234. The van der Waals surface area contributed by atoms with E-state index >= 15 is 0 Å². The predicted octanol–water partition coefficient (Wildman–Crippen LogP) is 3.17. The molecule has 1 heterocycles. The maximum absolute atomic E-state index is 11.8. The quantitative estimate of drug-likeness (QED) is 0.743. The van der Waals surface area contributed by atoms with Gasteiger partial charge in [0, 0.05) is 17.4 Å². The van der Waals surface area contributed by atoms with Gasteiger partial charge in [-0.05, 0) is 50.9 Å². The number of carbonyl (C=O) groups is 2. The van der Waals surface area contributed by atoms with E-state index < -0.39 is 0 Å². The second-order valence-electron chi connectivity index (χ2n) is 4.19. The molecule has 0 N–H and O–H groups in total. The number of carbonyl (C=O) groups excluding carboxylic acids is 2. The second kappa shape index (κ2) is 6.05. The Labute approximate surface area is 128 Å². The molecule has 1 aromatic rings. The highest BCUT2D eigenvalue weighted by Crippen LogP contribution is 2.37. The van der Waals surface area contributed by atoms with Crippen LogP contribution >= 0.6 is 31.9 Å². The van der Waals surface area contributed by atoms with Crippen LogP contribution in [0.5, 0.6) is 0 Å². The molecule has 4 nitrogen and oxygen atoms in total. The van der Waals surface area contributed by atoms with E-state index in [0.717, 1.165) is 10.2 Å². The lowest BCUT2D eigenvalue weighted by molar-refractivity contribution is -0.116. The summed E-state index contributed by atoms with van der Waals surface area (Å²) in [5.41, 5.74) is 1.38. The molecular formula is C13H13Br2NO3. The smallest absolute Gasteiger partial charge is 0.339 e. The highest BCUT2D eigenvalue weighted by molar-refractivity contribution is 9.13. The number of ether oxygens (including phenoxy) is 1. The van der Waals surface area contributed by atoms with Crippen LogP contribution in [0, 0.1) is 0 Å². The number of ketones is 1. The van der Waals surface area contributed by atoms with Gasteiger partial charge in [-0.3, -0.25) is 4.79 Å². The van der Waals surface area contributed by atoms with Crippen LogP contribution < -0.4 is 4.90 Å². The van der Waals surface area contributed by atoms with E-state index in [1.54, 1.807) is 13.0 Å². The van der Waals surface area contributed by atoms with Gasteiger partial charge in [0.05, 0.1) is 28.9 Å². The number of hydrogen-bond acceptors (Lipinski definition) is 4. The molecule has 0 bridgehead atoms. The molecule has 0 amide bonds. The van der Waals surface area contributed by atoms with Gasteiger partial charge in [0.1, 0.15) is 0 Å². The second-order valence-corrected chi connectivity index (χ2v) is 5.78. The monoisotopic (exact) mass is 389 g/mol. The van der Waals surface area contributed by atoms with Crippen LogP contribution in [0.1, 0.15) is 23.7 Å². The van der Waals surface area contributed by atoms with E-state index in [1.807, 2.05) is 11.0 Å². The van der Waals surface area contributed by atoms with Gasteiger partial charge in [0.15, 0.2) is 5.78 Å². The number of anilines is 1. The summed E-state index contributed by atoms with van der Waals surface area (Å²) in [7, 11) is 0. The van der Waals surface area contributed by atoms with E-state index in [-0.39, 0.29) is 11.8 Å². The average Bonchev–Trinajstić information content (AvgIpc) is 2.79. The predicted molar refractivity (Wildman–Crippen MR) is 79.6 cm³/mol. The Balaban J connectivity index is 2.32. The molecule has 2 rings (SSSR count). The highest BCUT2D eigenvalue weighted by Gasteiger charge is 2.24. The lowest BCUT2D eigenvalue weighted by atomic mass is 10.2. The van der Waals surface area contributed by atoms with E-state index in [0.29, 0.717) is 36.2 Å². The number of esters is 1. The molecule has 0 atom stereocenters. The molecule has 19 heavy (non-hydrogen) atoms. The third kappa shape index (κ3) is 3.00. The third-order valence-electron chi connectivity index (χ3n) is 2.93. The summed E-state index contributed by atoms with van der Waals surface area (Å²) in [5, 5.41) is 0. The van der Waals surface area contributed by atoms with Crippen molar-refractivity contribution in [2.24, 2.45) is 0 Å². The normalized spacial score (nSPS) is 14.9. The summed E-state index contributed by atoms with van der Waals surface area (Å²) in [6, 6.07) is 3.55. The molecule has 1 saturated heterocycles. The number of Topliss-reactive ketones (excluding diaryl/α,β-unsaturated/α-hetero) is 1. The van der Waals surface area contributed by atoms with Gasteiger partial charge < -0.3 is 9.64 Å². The Morgan fingerprint density at radius 1 is 1.37 bits per heavy atom. The van der Waals surface area contributed by atoms with Crippen LogP contribution in [0.3, 0.4) is 0 Å². The maximum atomic E-state index is 11.8. The molecule has 0 aliphatic carbocycles. The topological polar surface area (TPSA) is 46.6 Å². The molecule has 0 saturated carbocycles. The van der Waals surface area contributed by atoms with Gasteiger partial charge in [0.2, 0.25) is 0 Å². The van der Waals surface area contributed by atoms with Gasteiger partial charge >= 0.3 is 5.97 Å². The van der Waals surface area contributed by atoms with Crippen molar-refractivity contribution in [3.05, 3.63) is 26.6 Å². The Morgan fingerprint density at radius 3 is 2.68 bits per heavy atom. The molecule has 0 spiro atoms. The molecule has 1 fully saturated rings. The first-order valence-corrected chi connectivity index (χ1v) is 7.55. The van der Waals surface area contributed by atoms with Gasteiger partial charge in [0.25, 0.3) is 0 Å². The fourth-order valence-corrected chi connectivity index (χ4v) is 3.08. The fourth-order valence-electron chi connectivity index (χ4n) is 1.99. The fraction of sp³-hybridized carbons (Fsp3) is 0.385. The molecular weight excluding hydrogens is 378 g/mol. The molecule has 0 aromatic heterocycles. The number of hydrogen-bond donors (Lipinski definition) is 0. The SMILES string of the molecule is CCOC(=O)c1ccc(N2CCC(=O)C2)c(Br)c1Br. The van der Waals surface area contributed by atoms with Gasteiger partial charge in [-0.2, -0.15) is 0 Å². The van der Waals surface area contributed by atoms with Crippen LogP contribution in [0.2, 0.25) is 0 Å².